The molecule has 2 N–H and O–H groups in total. The maximum atomic E-state index is 12.0. The first-order valence-electron chi connectivity index (χ1n) is 6.93. The van der Waals surface area contributed by atoms with Crippen molar-refractivity contribution in [2.45, 2.75) is 45.3 Å². The van der Waals surface area contributed by atoms with E-state index in [1.54, 1.807) is 11.8 Å². The fourth-order valence-electron chi connectivity index (χ4n) is 2.79. The summed E-state index contributed by atoms with van der Waals surface area (Å²) >= 11 is 1.78. The third-order valence-corrected chi connectivity index (χ3v) is 4.93. The van der Waals surface area contributed by atoms with Gasteiger partial charge >= 0.3 is 0 Å². The molecule has 1 amide bonds. The van der Waals surface area contributed by atoms with E-state index in [1.807, 2.05) is 0 Å². The van der Waals surface area contributed by atoms with Gasteiger partial charge in [0.15, 0.2) is 0 Å². The largest absolute Gasteiger partial charge is 0.351 e. The molecule has 19 heavy (non-hydrogen) atoms. The standard InChI is InChI=1S/C14H21N3OS/c1-9-5-11(10(2)17(9)12-3-4-12)6-15-14(18)13-7-19-8-16-13/h5,12-13,16H,3-4,6-8H2,1-2H3,(H,15,18). The molecule has 1 aliphatic heterocycles. The van der Waals surface area contributed by atoms with Crippen LogP contribution < -0.4 is 10.6 Å². The zero-order chi connectivity index (χ0) is 13.4. The van der Waals surface area contributed by atoms with E-state index < -0.39 is 0 Å². The summed E-state index contributed by atoms with van der Waals surface area (Å²) in [6.45, 7) is 4.97. The van der Waals surface area contributed by atoms with Crippen molar-refractivity contribution in [1.29, 1.82) is 0 Å². The van der Waals surface area contributed by atoms with Gasteiger partial charge < -0.3 is 9.88 Å². The van der Waals surface area contributed by atoms with Crippen molar-refractivity contribution < 1.29 is 4.79 Å². The molecular formula is C14H21N3OS. The molecule has 0 radical (unpaired) electrons. The molecule has 2 fully saturated rings. The molecular weight excluding hydrogens is 258 g/mol. The van der Waals surface area contributed by atoms with E-state index in [2.05, 4.69) is 35.1 Å². The Morgan fingerprint density at radius 3 is 2.95 bits per heavy atom. The van der Waals surface area contributed by atoms with Gasteiger partial charge in [0.05, 0.1) is 6.04 Å². The van der Waals surface area contributed by atoms with Crippen LogP contribution in [0.15, 0.2) is 6.07 Å². The minimum absolute atomic E-state index is 0.0167. The van der Waals surface area contributed by atoms with Crippen molar-refractivity contribution >= 4 is 17.7 Å². The summed E-state index contributed by atoms with van der Waals surface area (Å²) in [4.78, 5) is 12.0. The Hall–Kier alpha value is -0.940. The van der Waals surface area contributed by atoms with Crippen molar-refractivity contribution in [3.05, 3.63) is 23.0 Å². The molecule has 0 bridgehead atoms. The van der Waals surface area contributed by atoms with Crippen LogP contribution in [0.5, 0.6) is 0 Å². The Morgan fingerprint density at radius 1 is 1.53 bits per heavy atom. The highest BCUT2D eigenvalue weighted by atomic mass is 32.2. The minimum Gasteiger partial charge on any atom is -0.351 e. The number of carbonyl (C=O) groups excluding carboxylic acids is 1. The van der Waals surface area contributed by atoms with Crippen molar-refractivity contribution in [1.82, 2.24) is 15.2 Å². The number of amides is 1. The van der Waals surface area contributed by atoms with Crippen LogP contribution in [-0.2, 0) is 11.3 Å². The van der Waals surface area contributed by atoms with Crippen LogP contribution in [-0.4, -0.2) is 28.1 Å². The first kappa shape index (κ1) is 13.1. The van der Waals surface area contributed by atoms with Crippen molar-refractivity contribution in [2.24, 2.45) is 0 Å². The maximum absolute atomic E-state index is 12.0. The quantitative estimate of drug-likeness (QED) is 0.882. The number of nitrogens with one attached hydrogen (secondary N) is 2. The first-order chi connectivity index (χ1) is 9.16. The summed E-state index contributed by atoms with van der Waals surface area (Å²) in [6, 6.07) is 2.90. The van der Waals surface area contributed by atoms with Crippen LogP contribution in [0.3, 0.4) is 0 Å². The van der Waals surface area contributed by atoms with Crippen LogP contribution in [0.25, 0.3) is 0 Å². The van der Waals surface area contributed by atoms with Gasteiger partial charge in [-0.25, -0.2) is 0 Å². The van der Waals surface area contributed by atoms with Crippen molar-refractivity contribution in [2.75, 3.05) is 11.6 Å². The van der Waals surface area contributed by atoms with Crippen LogP contribution in [0, 0.1) is 13.8 Å². The summed E-state index contributed by atoms with van der Waals surface area (Å²) in [5, 5.41) is 6.25. The summed E-state index contributed by atoms with van der Waals surface area (Å²) in [5.41, 5.74) is 3.89. The number of hydrogen-bond donors (Lipinski definition) is 2. The van der Waals surface area contributed by atoms with Gasteiger partial charge in [0.2, 0.25) is 5.91 Å². The average Bonchev–Trinajstić information content (AvgIpc) is 2.98. The Morgan fingerprint density at radius 2 is 2.32 bits per heavy atom. The molecule has 5 heteroatoms. The van der Waals surface area contributed by atoms with E-state index in [0.29, 0.717) is 12.6 Å². The molecule has 104 valence electrons. The highest BCUT2D eigenvalue weighted by Gasteiger charge is 2.27. The zero-order valence-corrected chi connectivity index (χ0v) is 12.3. The van der Waals surface area contributed by atoms with Gasteiger partial charge in [0, 0.05) is 35.6 Å². The molecule has 1 aromatic heterocycles. The first-order valence-corrected chi connectivity index (χ1v) is 8.08. The average molecular weight is 279 g/mol. The van der Waals surface area contributed by atoms with E-state index in [1.165, 1.54) is 29.8 Å². The second-order valence-electron chi connectivity index (χ2n) is 5.49. The van der Waals surface area contributed by atoms with Gasteiger partial charge in [-0.2, -0.15) is 0 Å². The van der Waals surface area contributed by atoms with Gasteiger partial charge in [0.25, 0.3) is 0 Å². The molecule has 1 aliphatic carbocycles. The Bertz CT molecular complexity index is 487. The molecule has 2 aliphatic rings. The number of aryl methyl sites for hydroxylation is 1. The summed E-state index contributed by atoms with van der Waals surface area (Å²) in [7, 11) is 0. The van der Waals surface area contributed by atoms with E-state index in [4.69, 9.17) is 0 Å². The molecule has 4 nitrogen and oxygen atoms in total. The van der Waals surface area contributed by atoms with Gasteiger partial charge in [-0.1, -0.05) is 0 Å². The highest BCUT2D eigenvalue weighted by Crippen LogP contribution is 2.38. The summed E-state index contributed by atoms with van der Waals surface area (Å²) in [6.07, 6.45) is 2.59. The van der Waals surface area contributed by atoms with Crippen LogP contribution >= 0.6 is 11.8 Å². The van der Waals surface area contributed by atoms with Gasteiger partial charge in [0.1, 0.15) is 0 Å². The lowest BCUT2D eigenvalue weighted by atomic mass is 10.2. The second kappa shape index (κ2) is 5.21. The lowest BCUT2D eigenvalue weighted by molar-refractivity contribution is -0.122. The minimum atomic E-state index is -0.0167. The predicted octanol–water partition coefficient (Wildman–Crippen LogP) is 1.72. The molecule has 1 atom stereocenters. The fourth-order valence-corrected chi connectivity index (χ4v) is 3.73. The topological polar surface area (TPSA) is 46.1 Å². The SMILES string of the molecule is Cc1cc(CNC(=O)C2CSCN2)c(C)n1C1CC1. The second-order valence-corrected chi connectivity index (χ2v) is 6.52. The molecule has 1 saturated carbocycles. The Labute approximate surface area is 118 Å². The predicted molar refractivity (Wildman–Crippen MR) is 78.3 cm³/mol. The summed E-state index contributed by atoms with van der Waals surface area (Å²) < 4.78 is 2.42. The zero-order valence-electron chi connectivity index (χ0n) is 11.5. The van der Waals surface area contributed by atoms with E-state index in [0.717, 1.165) is 11.6 Å². The molecule has 0 aromatic carbocycles. The maximum Gasteiger partial charge on any atom is 0.238 e. The molecule has 1 aromatic rings. The van der Waals surface area contributed by atoms with Crippen LogP contribution in [0.4, 0.5) is 0 Å². The van der Waals surface area contributed by atoms with Crippen LogP contribution in [0.2, 0.25) is 0 Å². The smallest absolute Gasteiger partial charge is 0.238 e. The molecule has 3 rings (SSSR count). The molecule has 1 saturated heterocycles. The fraction of sp³-hybridized carbons (Fsp3) is 0.643. The number of hydrogen-bond acceptors (Lipinski definition) is 3. The van der Waals surface area contributed by atoms with Gasteiger partial charge in [-0.05, 0) is 38.3 Å². The third-order valence-electron chi connectivity index (χ3n) is 3.99. The Kier molecular flexibility index (Phi) is 3.58. The monoisotopic (exact) mass is 279 g/mol. The van der Waals surface area contributed by atoms with E-state index >= 15 is 0 Å². The molecule has 1 unspecified atom stereocenters. The van der Waals surface area contributed by atoms with Crippen molar-refractivity contribution in [3.8, 4) is 0 Å². The van der Waals surface area contributed by atoms with E-state index in [-0.39, 0.29) is 11.9 Å². The van der Waals surface area contributed by atoms with E-state index in [9.17, 15) is 4.79 Å². The van der Waals surface area contributed by atoms with Crippen LogP contribution in [0.1, 0.15) is 35.8 Å². The van der Waals surface area contributed by atoms with Crippen molar-refractivity contribution in [3.63, 3.8) is 0 Å². The summed E-state index contributed by atoms with van der Waals surface area (Å²) in [5.74, 6) is 1.89. The lowest BCUT2D eigenvalue weighted by Crippen LogP contribution is -2.41. The normalized spacial score (nSPS) is 22.7. The lowest BCUT2D eigenvalue weighted by Gasteiger charge is -2.11. The number of carbonyl (C=O) groups is 1. The number of thioether (sulfide) groups is 1. The third kappa shape index (κ3) is 2.67. The van der Waals surface area contributed by atoms with Gasteiger partial charge in [-0.15, -0.1) is 11.8 Å². The molecule has 0 spiro atoms. The highest BCUT2D eigenvalue weighted by molar-refractivity contribution is 7.99. The van der Waals surface area contributed by atoms with Gasteiger partial charge in [-0.3, -0.25) is 10.1 Å². The molecule has 2 heterocycles. The number of rotatable bonds is 4. The number of nitrogens with zero attached hydrogens (tertiary/aromatic N) is 1. The Balaban J connectivity index is 1.63. The number of aromatic nitrogens is 1.